The second-order valence-electron chi connectivity index (χ2n) is 24.7. The lowest BCUT2D eigenvalue weighted by molar-refractivity contribution is 0.318. The summed E-state index contributed by atoms with van der Waals surface area (Å²) in [4.78, 5) is 0. The molecule has 0 bridgehead atoms. The molecule has 0 aliphatic heterocycles. The van der Waals surface area contributed by atoms with Gasteiger partial charge in [0.05, 0.1) is 171 Å². The van der Waals surface area contributed by atoms with Crippen molar-refractivity contribution in [3.8, 4) is 138 Å². The van der Waals surface area contributed by atoms with Crippen LogP contribution in [0.1, 0.15) is 69.2 Å². The van der Waals surface area contributed by atoms with E-state index in [0.717, 1.165) is 57.3 Å². The number of benzene rings is 8. The number of methoxy groups -OCH3 is 24. The number of rotatable bonds is 42. The van der Waals surface area contributed by atoms with Gasteiger partial charge in [-0.1, -0.05) is 0 Å². The minimum Gasteiger partial charge on any atom is -0.493 e. The van der Waals surface area contributed by atoms with Gasteiger partial charge in [-0.15, -0.1) is 0 Å². The zero-order valence-electron chi connectivity index (χ0n) is 67.0. The molecular weight excluding hydrogens is 1390 g/mol. The molecule has 0 spiro atoms. The standard InChI is InChI=1S/2C42H54O12/c2*1-43-31-17-25(18-32(44-2)39(31)51-9)13-14-28(15-26-19-33(45-3)40(52-10)34(20-26)46-4)30(29-23-37(49-7)42(54-12)38(24-29)50-8)16-27-21-35(47-5)41(53-11)36(22-27)48-6/h2*17-24,28,30H,13-16H2,1-12H3/t2*28-,30-/m10/s1. The summed E-state index contributed by atoms with van der Waals surface area (Å²) in [5.41, 5.74) is 7.98. The molecule has 0 aromatic heterocycles. The van der Waals surface area contributed by atoms with E-state index in [1.807, 2.05) is 97.1 Å². The van der Waals surface area contributed by atoms with Crippen molar-refractivity contribution in [1.82, 2.24) is 0 Å². The summed E-state index contributed by atoms with van der Waals surface area (Å²) in [6.07, 6.45) is 5.27. The summed E-state index contributed by atoms with van der Waals surface area (Å²) >= 11 is 0. The van der Waals surface area contributed by atoms with Crippen LogP contribution >= 0.6 is 0 Å². The predicted molar refractivity (Wildman–Crippen MR) is 413 cm³/mol. The fourth-order valence-electron chi connectivity index (χ4n) is 14.0. The normalized spacial score (nSPS) is 11.9. The van der Waals surface area contributed by atoms with E-state index >= 15 is 0 Å². The molecule has 0 heterocycles. The Morgan fingerprint density at radius 1 is 0.167 bits per heavy atom. The van der Waals surface area contributed by atoms with Crippen LogP contribution in [0.25, 0.3) is 0 Å². The molecule has 8 rings (SSSR count). The summed E-state index contributed by atoms with van der Waals surface area (Å²) in [7, 11) is 38.6. The lowest BCUT2D eigenvalue weighted by Gasteiger charge is -2.30. The van der Waals surface area contributed by atoms with Crippen LogP contribution in [0.2, 0.25) is 0 Å². The van der Waals surface area contributed by atoms with Crippen LogP contribution < -0.4 is 114 Å². The van der Waals surface area contributed by atoms with E-state index in [9.17, 15) is 0 Å². The highest BCUT2D eigenvalue weighted by molar-refractivity contribution is 5.61. The first kappa shape index (κ1) is 84.2. The van der Waals surface area contributed by atoms with Gasteiger partial charge in [0.15, 0.2) is 92.0 Å². The SMILES string of the molecule is COc1cc(CC[C@@H](Cc2cc(OC)c(OC)c(OC)c2)[C@H](Cc2cc(OC)c(OC)c(OC)c2)c2cc(OC)c(OC)c(OC)c2)cc(OC)c1OC.COc1cc(CC[C@H](Cc2cc(OC)c(OC)c(OC)c2)[C@@H](Cc2cc(OC)c(OC)c(OC)c2)c2cc(OC)c(OC)c(OC)c2)cc(OC)c1OC. The number of hydrogen-bond donors (Lipinski definition) is 0. The Morgan fingerprint density at radius 2 is 0.306 bits per heavy atom. The van der Waals surface area contributed by atoms with Gasteiger partial charge in [0.1, 0.15) is 0 Å². The first-order valence-electron chi connectivity index (χ1n) is 34.7. The van der Waals surface area contributed by atoms with Crippen molar-refractivity contribution >= 4 is 0 Å². The molecule has 0 N–H and O–H groups in total. The number of aryl methyl sites for hydroxylation is 2. The molecule has 0 unspecified atom stereocenters. The van der Waals surface area contributed by atoms with Gasteiger partial charge in [-0.25, -0.2) is 0 Å². The fourth-order valence-corrected chi connectivity index (χ4v) is 14.0. The Labute approximate surface area is 636 Å². The summed E-state index contributed by atoms with van der Waals surface area (Å²) in [5.74, 6) is 13.0. The third kappa shape index (κ3) is 19.6. The third-order valence-electron chi connectivity index (χ3n) is 19.2. The van der Waals surface area contributed by atoms with Gasteiger partial charge < -0.3 is 114 Å². The molecule has 0 fully saturated rings. The Hall–Kier alpha value is -11.0. The summed E-state index contributed by atoms with van der Waals surface area (Å²) < 4.78 is 138. The first-order valence-corrected chi connectivity index (χ1v) is 34.7. The van der Waals surface area contributed by atoms with Crippen LogP contribution in [-0.4, -0.2) is 171 Å². The fraction of sp³-hybridized carbons (Fsp3) is 0.429. The smallest absolute Gasteiger partial charge is 0.203 e. The average molecular weight is 1500 g/mol. The van der Waals surface area contributed by atoms with Crippen molar-refractivity contribution in [2.45, 2.75) is 63.2 Å². The van der Waals surface area contributed by atoms with E-state index in [1.54, 1.807) is 171 Å². The van der Waals surface area contributed by atoms with Crippen molar-refractivity contribution in [3.05, 3.63) is 142 Å². The summed E-state index contributed by atoms with van der Waals surface area (Å²) in [5, 5.41) is 0. The Balaban J connectivity index is 0.000000301. The summed E-state index contributed by atoms with van der Waals surface area (Å²) in [6, 6.07) is 32.0. The highest BCUT2D eigenvalue weighted by atomic mass is 16.6. The van der Waals surface area contributed by atoms with E-state index < -0.39 is 0 Å². The molecule has 0 saturated carbocycles. The van der Waals surface area contributed by atoms with E-state index in [2.05, 4.69) is 0 Å². The summed E-state index contributed by atoms with van der Waals surface area (Å²) in [6.45, 7) is 0. The van der Waals surface area contributed by atoms with E-state index in [-0.39, 0.29) is 23.7 Å². The van der Waals surface area contributed by atoms with Gasteiger partial charge in [-0.2, -0.15) is 0 Å². The number of hydrogen-bond acceptors (Lipinski definition) is 24. The van der Waals surface area contributed by atoms with E-state index in [0.29, 0.717) is 177 Å². The van der Waals surface area contributed by atoms with Crippen LogP contribution in [0.4, 0.5) is 0 Å². The van der Waals surface area contributed by atoms with Crippen LogP contribution in [0.5, 0.6) is 138 Å². The Morgan fingerprint density at radius 3 is 0.454 bits per heavy atom. The maximum atomic E-state index is 5.86. The van der Waals surface area contributed by atoms with Gasteiger partial charge in [0.2, 0.25) is 46.0 Å². The molecule has 0 amide bonds. The molecule has 0 aliphatic carbocycles. The first-order chi connectivity index (χ1) is 52.4. The Kier molecular flexibility index (Phi) is 32.1. The molecule has 8 aromatic carbocycles. The van der Waals surface area contributed by atoms with Crippen LogP contribution in [0.3, 0.4) is 0 Å². The zero-order valence-corrected chi connectivity index (χ0v) is 67.0. The largest absolute Gasteiger partial charge is 0.493 e. The minimum absolute atomic E-state index is 0.00574. The lowest BCUT2D eigenvalue weighted by atomic mass is 9.75. The lowest BCUT2D eigenvalue weighted by Crippen LogP contribution is -2.20. The Bertz CT molecular complexity index is 3740. The minimum atomic E-state index is -0.123. The number of ether oxygens (including phenoxy) is 24. The highest BCUT2D eigenvalue weighted by Crippen LogP contribution is 2.51. The van der Waals surface area contributed by atoms with Crippen molar-refractivity contribution in [3.63, 3.8) is 0 Å². The van der Waals surface area contributed by atoms with Crippen LogP contribution in [0.15, 0.2) is 97.1 Å². The van der Waals surface area contributed by atoms with Crippen LogP contribution in [-0.2, 0) is 38.5 Å². The van der Waals surface area contributed by atoms with Crippen molar-refractivity contribution in [2.75, 3.05) is 171 Å². The quantitative estimate of drug-likeness (QED) is 0.0347. The highest BCUT2D eigenvalue weighted by Gasteiger charge is 2.33. The van der Waals surface area contributed by atoms with Crippen LogP contribution in [0, 0.1) is 11.8 Å². The third-order valence-corrected chi connectivity index (χ3v) is 19.2. The van der Waals surface area contributed by atoms with E-state index in [4.69, 9.17) is 114 Å². The molecule has 588 valence electrons. The maximum Gasteiger partial charge on any atom is 0.203 e. The van der Waals surface area contributed by atoms with E-state index in [1.165, 1.54) is 0 Å². The van der Waals surface area contributed by atoms with Gasteiger partial charge in [-0.05, 0) is 217 Å². The molecule has 8 aromatic rings. The van der Waals surface area contributed by atoms with Crippen molar-refractivity contribution < 1.29 is 114 Å². The maximum absolute atomic E-state index is 5.86. The predicted octanol–water partition coefficient (Wildman–Crippen LogP) is 15.2. The van der Waals surface area contributed by atoms with Gasteiger partial charge >= 0.3 is 0 Å². The van der Waals surface area contributed by atoms with Crippen molar-refractivity contribution in [1.29, 1.82) is 0 Å². The monoisotopic (exact) mass is 1500 g/mol. The molecule has 0 aliphatic rings. The molecule has 24 nitrogen and oxygen atoms in total. The molecule has 0 saturated heterocycles. The topological polar surface area (TPSA) is 222 Å². The van der Waals surface area contributed by atoms with Crippen molar-refractivity contribution in [2.24, 2.45) is 11.8 Å². The average Bonchev–Trinajstić information content (AvgIpc) is 0.786. The molecule has 24 heteroatoms. The second kappa shape index (κ2) is 41.2. The van der Waals surface area contributed by atoms with Gasteiger partial charge in [0, 0.05) is 0 Å². The second-order valence-corrected chi connectivity index (χ2v) is 24.7. The molecule has 0 radical (unpaired) electrons. The van der Waals surface area contributed by atoms with Gasteiger partial charge in [0.25, 0.3) is 0 Å². The zero-order chi connectivity index (χ0) is 78.7. The molecule has 108 heavy (non-hydrogen) atoms. The molecule has 4 atom stereocenters. The van der Waals surface area contributed by atoms with Gasteiger partial charge in [-0.3, -0.25) is 0 Å². The molecular formula is C84H108O24.